The van der Waals surface area contributed by atoms with Crippen molar-refractivity contribution in [2.75, 3.05) is 59.7 Å². The van der Waals surface area contributed by atoms with Gasteiger partial charge in [-0.05, 0) is 32.0 Å². The molecule has 2 aliphatic rings. The molecule has 2 heterocycles. The van der Waals surface area contributed by atoms with Crippen LogP contribution >= 0.6 is 24.8 Å². The van der Waals surface area contributed by atoms with Gasteiger partial charge in [0.2, 0.25) is 5.91 Å². The summed E-state index contributed by atoms with van der Waals surface area (Å²) in [4.78, 5) is 15.2. The summed E-state index contributed by atoms with van der Waals surface area (Å²) in [6, 6.07) is 5.89. The van der Waals surface area contributed by atoms with Crippen molar-refractivity contribution in [1.82, 2.24) is 15.5 Å². The third-order valence-corrected chi connectivity index (χ3v) is 5.61. The van der Waals surface area contributed by atoms with Crippen molar-refractivity contribution in [3.05, 3.63) is 35.6 Å². The highest BCUT2D eigenvalue weighted by Crippen LogP contribution is 2.29. The van der Waals surface area contributed by atoms with E-state index in [0.717, 1.165) is 25.9 Å². The molecule has 2 fully saturated rings. The quantitative estimate of drug-likeness (QED) is 0.664. The largest absolute Gasteiger partial charge is 0.384 e. The van der Waals surface area contributed by atoms with Gasteiger partial charge in [-0.1, -0.05) is 18.2 Å². The molecule has 1 aromatic rings. The number of nitrogens with zero attached hydrogens (tertiary/aromatic N) is 1. The van der Waals surface area contributed by atoms with E-state index in [9.17, 15) is 9.18 Å². The molecule has 9 heteroatoms. The van der Waals surface area contributed by atoms with Gasteiger partial charge in [-0.25, -0.2) is 4.39 Å². The molecule has 2 aliphatic heterocycles. The van der Waals surface area contributed by atoms with Crippen LogP contribution in [0.3, 0.4) is 0 Å². The predicted molar refractivity (Wildman–Crippen MR) is 115 cm³/mol. The topological polar surface area (TPSA) is 62.8 Å². The molecule has 0 saturated carbocycles. The van der Waals surface area contributed by atoms with E-state index in [1.807, 2.05) is 4.90 Å². The predicted octanol–water partition coefficient (Wildman–Crippen LogP) is 2.17. The van der Waals surface area contributed by atoms with Gasteiger partial charge in [0.05, 0.1) is 19.8 Å². The van der Waals surface area contributed by atoms with Crippen molar-refractivity contribution in [2.24, 2.45) is 5.41 Å². The number of methoxy groups -OCH3 is 1. The molecule has 2 saturated heterocycles. The molecule has 1 amide bonds. The average molecular weight is 452 g/mol. The van der Waals surface area contributed by atoms with E-state index in [1.54, 1.807) is 25.3 Å². The lowest BCUT2D eigenvalue weighted by Gasteiger charge is -2.38. The summed E-state index contributed by atoms with van der Waals surface area (Å²) in [7, 11) is 1.70. The maximum atomic E-state index is 14.5. The number of carbonyl (C=O) groups is 1. The zero-order valence-corrected chi connectivity index (χ0v) is 18.5. The van der Waals surface area contributed by atoms with Crippen LogP contribution in [-0.2, 0) is 14.3 Å². The fourth-order valence-electron chi connectivity index (χ4n) is 4.04. The first-order valence-corrected chi connectivity index (χ1v) is 9.69. The second-order valence-electron chi connectivity index (χ2n) is 7.47. The van der Waals surface area contributed by atoms with Crippen molar-refractivity contribution in [2.45, 2.75) is 18.9 Å². The SMILES string of the molecule is COCC1(CNC(=O)C(c2ccccc2F)N2CCOCC2)CCNCC1.Cl.Cl. The summed E-state index contributed by atoms with van der Waals surface area (Å²) in [5.41, 5.74) is 0.350. The van der Waals surface area contributed by atoms with Gasteiger partial charge in [0.25, 0.3) is 0 Å². The smallest absolute Gasteiger partial charge is 0.242 e. The summed E-state index contributed by atoms with van der Waals surface area (Å²) >= 11 is 0. The highest BCUT2D eigenvalue weighted by atomic mass is 35.5. The molecule has 0 spiro atoms. The highest BCUT2D eigenvalue weighted by Gasteiger charge is 2.35. The number of piperidine rings is 1. The molecule has 1 atom stereocenters. The van der Waals surface area contributed by atoms with Crippen LogP contribution in [0.1, 0.15) is 24.4 Å². The molecule has 2 N–H and O–H groups in total. The maximum absolute atomic E-state index is 14.5. The number of morpholine rings is 1. The lowest BCUT2D eigenvalue weighted by molar-refractivity contribution is -0.129. The average Bonchev–Trinajstić information content (AvgIpc) is 2.70. The van der Waals surface area contributed by atoms with Gasteiger partial charge in [-0.3, -0.25) is 9.69 Å². The minimum absolute atomic E-state index is 0. The second-order valence-corrected chi connectivity index (χ2v) is 7.47. The van der Waals surface area contributed by atoms with Crippen LogP contribution in [0.2, 0.25) is 0 Å². The monoisotopic (exact) mass is 451 g/mol. The lowest BCUT2D eigenvalue weighted by atomic mass is 9.79. The van der Waals surface area contributed by atoms with E-state index in [2.05, 4.69) is 10.6 Å². The fraction of sp³-hybridized carbons (Fsp3) is 0.650. The minimum Gasteiger partial charge on any atom is -0.384 e. The first-order chi connectivity index (χ1) is 13.2. The van der Waals surface area contributed by atoms with E-state index in [-0.39, 0.29) is 42.0 Å². The van der Waals surface area contributed by atoms with Crippen LogP contribution in [0, 0.1) is 11.2 Å². The van der Waals surface area contributed by atoms with Crippen LogP contribution in [0.5, 0.6) is 0 Å². The number of hydrogen-bond donors (Lipinski definition) is 2. The van der Waals surface area contributed by atoms with Gasteiger partial charge in [0.1, 0.15) is 11.9 Å². The zero-order chi connectivity index (χ0) is 19.1. The molecule has 0 radical (unpaired) electrons. The van der Waals surface area contributed by atoms with Crippen molar-refractivity contribution in [3.63, 3.8) is 0 Å². The Morgan fingerprint density at radius 3 is 2.55 bits per heavy atom. The second kappa shape index (κ2) is 12.7. The number of rotatable bonds is 7. The van der Waals surface area contributed by atoms with Gasteiger partial charge in [-0.15, -0.1) is 24.8 Å². The number of halogens is 3. The summed E-state index contributed by atoms with van der Waals surface area (Å²) in [6.07, 6.45) is 1.89. The third kappa shape index (κ3) is 6.77. The van der Waals surface area contributed by atoms with E-state index < -0.39 is 6.04 Å². The first-order valence-electron chi connectivity index (χ1n) is 9.69. The molecular formula is C20H32Cl2FN3O3. The van der Waals surface area contributed by atoms with E-state index in [0.29, 0.717) is 45.0 Å². The summed E-state index contributed by atoms with van der Waals surface area (Å²) < 4.78 is 25.3. The Bertz CT molecular complexity index is 621. The minimum atomic E-state index is -0.642. The number of amides is 1. The zero-order valence-electron chi connectivity index (χ0n) is 16.8. The van der Waals surface area contributed by atoms with E-state index in [4.69, 9.17) is 9.47 Å². The molecule has 0 aliphatic carbocycles. The number of nitrogens with one attached hydrogen (secondary N) is 2. The number of carbonyl (C=O) groups excluding carboxylic acids is 1. The summed E-state index contributed by atoms with van der Waals surface area (Å²) in [6.45, 7) is 5.31. The Kier molecular flexibility index (Phi) is 11.4. The normalized spacial score (nSPS) is 20.1. The first kappa shape index (κ1) is 26.1. The Morgan fingerprint density at radius 2 is 1.93 bits per heavy atom. The van der Waals surface area contributed by atoms with Crippen LogP contribution in [0.25, 0.3) is 0 Å². The Balaban J connectivity index is 0.00000210. The molecule has 1 aromatic carbocycles. The van der Waals surface area contributed by atoms with Gasteiger partial charge in [-0.2, -0.15) is 0 Å². The molecule has 166 valence electrons. The Hall–Kier alpha value is -0.960. The molecule has 29 heavy (non-hydrogen) atoms. The molecule has 1 unspecified atom stereocenters. The number of benzene rings is 1. The standard InChI is InChI=1S/C20H30FN3O3.2ClH/c1-26-15-20(6-8-22-9-7-20)14-23-19(25)18(24-10-12-27-13-11-24)16-4-2-3-5-17(16)21;;/h2-5,18,22H,6-15H2,1H3,(H,23,25);2*1H. The van der Waals surface area contributed by atoms with Crippen LogP contribution in [0.4, 0.5) is 4.39 Å². The lowest BCUT2D eigenvalue weighted by Crippen LogP contribution is -2.51. The third-order valence-electron chi connectivity index (χ3n) is 5.61. The van der Waals surface area contributed by atoms with Gasteiger partial charge < -0.3 is 20.1 Å². The number of hydrogen-bond acceptors (Lipinski definition) is 5. The molecule has 3 rings (SSSR count). The van der Waals surface area contributed by atoms with Crippen molar-refractivity contribution in [3.8, 4) is 0 Å². The molecule has 6 nitrogen and oxygen atoms in total. The van der Waals surface area contributed by atoms with Crippen molar-refractivity contribution < 1.29 is 18.7 Å². The molecule has 0 aromatic heterocycles. The van der Waals surface area contributed by atoms with Gasteiger partial charge >= 0.3 is 0 Å². The van der Waals surface area contributed by atoms with Crippen molar-refractivity contribution >= 4 is 30.7 Å². The summed E-state index contributed by atoms with van der Waals surface area (Å²) in [5, 5.41) is 6.46. The van der Waals surface area contributed by atoms with Crippen LogP contribution in [-0.4, -0.2) is 70.5 Å². The van der Waals surface area contributed by atoms with E-state index >= 15 is 0 Å². The van der Waals surface area contributed by atoms with E-state index in [1.165, 1.54) is 6.07 Å². The fourth-order valence-corrected chi connectivity index (χ4v) is 4.04. The Morgan fingerprint density at radius 1 is 1.28 bits per heavy atom. The number of ether oxygens (including phenoxy) is 2. The van der Waals surface area contributed by atoms with Crippen molar-refractivity contribution in [1.29, 1.82) is 0 Å². The summed E-state index contributed by atoms with van der Waals surface area (Å²) in [5.74, 6) is -0.506. The highest BCUT2D eigenvalue weighted by molar-refractivity contribution is 5.85. The molecule has 0 bridgehead atoms. The maximum Gasteiger partial charge on any atom is 0.242 e. The van der Waals surface area contributed by atoms with Crippen LogP contribution in [0.15, 0.2) is 24.3 Å². The van der Waals surface area contributed by atoms with Gasteiger partial charge in [0, 0.05) is 37.7 Å². The van der Waals surface area contributed by atoms with Gasteiger partial charge in [0.15, 0.2) is 0 Å². The molecular weight excluding hydrogens is 420 g/mol. The van der Waals surface area contributed by atoms with Crippen LogP contribution < -0.4 is 10.6 Å². The Labute approximate surface area is 184 Å².